The molecule has 4 N–H and O–H groups in total. The third-order valence-corrected chi connectivity index (χ3v) is 3.70. The van der Waals surface area contributed by atoms with Crippen LogP contribution in [0.5, 0.6) is 0 Å². The molecule has 0 spiro atoms. The Bertz CT molecular complexity index is 590. The Hall–Kier alpha value is -1.90. The lowest BCUT2D eigenvalue weighted by atomic mass is 9.79. The summed E-state index contributed by atoms with van der Waals surface area (Å²) >= 11 is 0. The third kappa shape index (κ3) is 8.15. The van der Waals surface area contributed by atoms with Crippen molar-refractivity contribution in [3.05, 3.63) is 29.8 Å². The molecule has 0 aliphatic rings. The number of hydrogen-bond acceptors (Lipinski definition) is 5. The molecule has 0 saturated heterocycles. The van der Waals surface area contributed by atoms with Gasteiger partial charge in [-0.25, -0.2) is 0 Å². The summed E-state index contributed by atoms with van der Waals surface area (Å²) in [7, 11) is -1.62. The van der Waals surface area contributed by atoms with Crippen molar-refractivity contribution in [2.75, 3.05) is 13.2 Å². The Labute approximate surface area is 148 Å². The molecule has 0 radical (unpaired) electrons. The van der Waals surface area contributed by atoms with Crippen molar-refractivity contribution in [2.45, 2.75) is 39.2 Å². The van der Waals surface area contributed by atoms with Gasteiger partial charge in [-0.05, 0) is 43.8 Å². The third-order valence-electron chi connectivity index (χ3n) is 3.70. The van der Waals surface area contributed by atoms with E-state index in [1.54, 1.807) is 12.1 Å². The summed E-state index contributed by atoms with van der Waals surface area (Å²) in [6.45, 7) is 6.28. The van der Waals surface area contributed by atoms with Gasteiger partial charge in [-0.3, -0.25) is 9.59 Å². The Kier molecular flexibility index (Phi) is 8.08. The van der Waals surface area contributed by atoms with Crippen LogP contribution in [-0.4, -0.2) is 52.9 Å². The summed E-state index contributed by atoms with van der Waals surface area (Å²) in [6.07, 6.45) is 0.619. The Balaban J connectivity index is 2.47. The first-order valence-corrected chi connectivity index (χ1v) is 8.19. The summed E-state index contributed by atoms with van der Waals surface area (Å²) in [5, 5.41) is 29.9. The molecule has 1 aromatic carbocycles. The van der Waals surface area contributed by atoms with Gasteiger partial charge in [0.25, 0.3) is 5.91 Å². The number of carboxylic acids is 1. The second kappa shape index (κ2) is 9.55. The first-order chi connectivity index (χ1) is 11.6. The molecular formula is C17H26BNO6. The first kappa shape index (κ1) is 21.1. The molecule has 1 aromatic rings. The molecule has 1 unspecified atom stereocenters. The van der Waals surface area contributed by atoms with Gasteiger partial charge in [-0.1, -0.05) is 19.1 Å². The lowest BCUT2D eigenvalue weighted by molar-refractivity contribution is -0.138. The minimum Gasteiger partial charge on any atom is -0.481 e. The highest BCUT2D eigenvalue weighted by atomic mass is 16.5. The summed E-state index contributed by atoms with van der Waals surface area (Å²) in [5.41, 5.74) is 0.0666. The fourth-order valence-electron chi connectivity index (χ4n) is 2.25. The van der Waals surface area contributed by atoms with Gasteiger partial charge in [0.15, 0.2) is 0 Å². The van der Waals surface area contributed by atoms with Crippen LogP contribution in [0.15, 0.2) is 24.3 Å². The number of carboxylic acid groups (broad SMARTS) is 1. The van der Waals surface area contributed by atoms with Crippen LogP contribution >= 0.6 is 0 Å². The number of carbonyl (C=O) groups excluding carboxylic acids is 1. The van der Waals surface area contributed by atoms with E-state index in [1.165, 1.54) is 12.1 Å². The van der Waals surface area contributed by atoms with Crippen LogP contribution in [0.2, 0.25) is 0 Å². The highest BCUT2D eigenvalue weighted by Crippen LogP contribution is 2.11. The smallest absolute Gasteiger partial charge is 0.481 e. The number of nitrogens with one attached hydrogen (secondary N) is 1. The van der Waals surface area contributed by atoms with Crippen molar-refractivity contribution >= 4 is 24.5 Å². The number of benzene rings is 1. The van der Waals surface area contributed by atoms with E-state index in [9.17, 15) is 19.6 Å². The van der Waals surface area contributed by atoms with Crippen molar-refractivity contribution in [3.63, 3.8) is 0 Å². The van der Waals surface area contributed by atoms with Gasteiger partial charge in [0, 0.05) is 24.3 Å². The van der Waals surface area contributed by atoms with Crippen molar-refractivity contribution in [3.8, 4) is 0 Å². The molecule has 1 atom stereocenters. The monoisotopic (exact) mass is 351 g/mol. The maximum absolute atomic E-state index is 12.3. The highest BCUT2D eigenvalue weighted by Gasteiger charge is 2.22. The maximum atomic E-state index is 12.3. The number of amides is 1. The predicted octanol–water partition coefficient (Wildman–Crippen LogP) is 0.392. The molecule has 8 heteroatoms. The van der Waals surface area contributed by atoms with Gasteiger partial charge in [0.2, 0.25) is 0 Å². The van der Waals surface area contributed by atoms with Gasteiger partial charge in [0.1, 0.15) is 0 Å². The highest BCUT2D eigenvalue weighted by molar-refractivity contribution is 6.58. The molecular weight excluding hydrogens is 325 g/mol. The van der Waals surface area contributed by atoms with E-state index < -0.39 is 18.6 Å². The molecule has 138 valence electrons. The first-order valence-electron chi connectivity index (χ1n) is 8.19. The normalized spacial score (nSPS) is 12.5. The van der Waals surface area contributed by atoms with E-state index in [0.29, 0.717) is 25.2 Å². The lowest BCUT2D eigenvalue weighted by Crippen LogP contribution is -2.44. The van der Waals surface area contributed by atoms with Crippen LogP contribution in [0, 0.1) is 5.92 Å². The lowest BCUT2D eigenvalue weighted by Gasteiger charge is -2.26. The molecule has 1 amide bonds. The summed E-state index contributed by atoms with van der Waals surface area (Å²) < 4.78 is 5.49. The zero-order valence-corrected chi connectivity index (χ0v) is 14.9. The molecule has 25 heavy (non-hydrogen) atoms. The largest absolute Gasteiger partial charge is 0.488 e. The molecule has 0 heterocycles. The second-order valence-electron chi connectivity index (χ2n) is 6.87. The Morgan fingerprint density at radius 3 is 2.60 bits per heavy atom. The van der Waals surface area contributed by atoms with Gasteiger partial charge >= 0.3 is 13.1 Å². The van der Waals surface area contributed by atoms with E-state index in [1.807, 2.05) is 20.8 Å². The Morgan fingerprint density at radius 2 is 2.00 bits per heavy atom. The fraction of sp³-hybridized carbons (Fsp3) is 0.529. The number of carbonyl (C=O) groups is 2. The van der Waals surface area contributed by atoms with E-state index >= 15 is 0 Å². The molecule has 0 saturated carbocycles. The molecule has 0 aliphatic carbocycles. The van der Waals surface area contributed by atoms with Crippen LogP contribution in [0.4, 0.5) is 0 Å². The second-order valence-corrected chi connectivity index (χ2v) is 6.87. The van der Waals surface area contributed by atoms with Crippen LogP contribution < -0.4 is 10.8 Å². The summed E-state index contributed by atoms with van der Waals surface area (Å²) in [5.74, 6) is -1.23. The average Bonchev–Trinajstić information content (AvgIpc) is 2.50. The molecule has 0 fully saturated rings. The van der Waals surface area contributed by atoms with Crippen molar-refractivity contribution in [1.82, 2.24) is 5.32 Å². The molecule has 1 rings (SSSR count). The van der Waals surface area contributed by atoms with E-state index in [-0.39, 0.29) is 23.7 Å². The fourth-order valence-corrected chi connectivity index (χ4v) is 2.25. The molecule has 0 aromatic heterocycles. The van der Waals surface area contributed by atoms with Crippen LogP contribution in [0.1, 0.15) is 44.0 Å². The number of ether oxygens (including phenoxy) is 1. The van der Waals surface area contributed by atoms with Crippen molar-refractivity contribution in [2.24, 2.45) is 5.92 Å². The van der Waals surface area contributed by atoms with E-state index in [0.717, 1.165) is 0 Å². The van der Waals surface area contributed by atoms with Crippen LogP contribution in [-0.2, 0) is 9.53 Å². The van der Waals surface area contributed by atoms with E-state index in [2.05, 4.69) is 5.32 Å². The van der Waals surface area contributed by atoms with Crippen molar-refractivity contribution < 1.29 is 29.5 Å². The number of aliphatic carboxylic acids is 1. The molecule has 7 nitrogen and oxygen atoms in total. The standard InChI is InChI=1S/C17H26BNO6/c1-12(9-15(20)21)11-25-8-7-17(2,3)19-16(22)13-5-4-6-14(10-13)18(23)24/h4-6,10,12,23-24H,7-9,11H2,1-3H3,(H,19,22)(H,20,21). The Morgan fingerprint density at radius 1 is 1.32 bits per heavy atom. The minimum absolute atomic E-state index is 0.0627. The zero-order valence-electron chi connectivity index (χ0n) is 14.9. The predicted molar refractivity (Wildman–Crippen MR) is 94.7 cm³/mol. The molecule has 0 aliphatic heterocycles. The summed E-state index contributed by atoms with van der Waals surface area (Å²) in [6, 6.07) is 6.14. The van der Waals surface area contributed by atoms with Crippen LogP contribution in [0.25, 0.3) is 0 Å². The minimum atomic E-state index is -1.62. The van der Waals surface area contributed by atoms with Gasteiger partial charge < -0.3 is 25.2 Å². The van der Waals surface area contributed by atoms with Gasteiger partial charge in [-0.15, -0.1) is 0 Å². The van der Waals surface area contributed by atoms with Gasteiger partial charge in [-0.2, -0.15) is 0 Å². The topological polar surface area (TPSA) is 116 Å². The number of hydrogen-bond donors (Lipinski definition) is 4. The SMILES string of the molecule is CC(COCCC(C)(C)NC(=O)c1cccc(B(O)O)c1)CC(=O)O. The molecule has 0 bridgehead atoms. The quantitative estimate of drug-likeness (QED) is 0.358. The number of rotatable bonds is 10. The maximum Gasteiger partial charge on any atom is 0.488 e. The zero-order chi connectivity index (χ0) is 19.0. The van der Waals surface area contributed by atoms with E-state index in [4.69, 9.17) is 9.84 Å². The summed E-state index contributed by atoms with van der Waals surface area (Å²) in [4.78, 5) is 22.9. The van der Waals surface area contributed by atoms with Gasteiger partial charge in [0.05, 0.1) is 6.42 Å². The van der Waals surface area contributed by atoms with Crippen molar-refractivity contribution in [1.29, 1.82) is 0 Å². The average molecular weight is 351 g/mol. The van der Waals surface area contributed by atoms with Crippen LogP contribution in [0.3, 0.4) is 0 Å².